The molecule has 1 unspecified atom stereocenters. The van der Waals surface area contributed by atoms with E-state index >= 15 is 0 Å². The Balaban J connectivity index is 1.94. The lowest BCUT2D eigenvalue weighted by atomic mass is 9.81. The molecule has 0 bridgehead atoms. The summed E-state index contributed by atoms with van der Waals surface area (Å²) < 4.78 is 25.5. The molecule has 1 atom stereocenters. The Morgan fingerprint density at radius 2 is 1.89 bits per heavy atom. The topological polar surface area (TPSA) is 58.2 Å². The van der Waals surface area contributed by atoms with Gasteiger partial charge in [-0.25, -0.2) is 13.1 Å². The van der Waals surface area contributed by atoms with Crippen molar-refractivity contribution < 1.29 is 8.42 Å². The molecule has 4 nitrogen and oxygen atoms in total. The van der Waals surface area contributed by atoms with Gasteiger partial charge in [-0.2, -0.15) is 0 Å². The molecule has 0 spiro atoms. The van der Waals surface area contributed by atoms with Crippen LogP contribution in [0.3, 0.4) is 0 Å². The van der Waals surface area contributed by atoms with E-state index in [0.717, 1.165) is 11.6 Å². The van der Waals surface area contributed by atoms with Crippen LogP contribution in [0.5, 0.6) is 0 Å². The number of benzene rings is 1. The summed E-state index contributed by atoms with van der Waals surface area (Å²) in [6.45, 7) is 2.18. The van der Waals surface area contributed by atoms with Gasteiger partial charge in [0.1, 0.15) is 0 Å². The first kappa shape index (κ1) is 14.3. The lowest BCUT2D eigenvalue weighted by molar-refractivity contribution is 0.286. The Kier molecular flexibility index (Phi) is 4.47. The summed E-state index contributed by atoms with van der Waals surface area (Å²) in [7, 11) is -1.92. The smallest absolute Gasteiger partial charge is 0.240 e. The van der Waals surface area contributed by atoms with Crippen LogP contribution >= 0.6 is 0 Å². The second-order valence-corrected chi connectivity index (χ2v) is 7.20. The van der Waals surface area contributed by atoms with Crippen molar-refractivity contribution in [1.82, 2.24) is 4.72 Å². The van der Waals surface area contributed by atoms with Crippen molar-refractivity contribution in [2.24, 2.45) is 5.92 Å². The van der Waals surface area contributed by atoms with E-state index in [2.05, 4.69) is 17.0 Å². The molecular formula is C14H22N2O2S. The zero-order chi connectivity index (χ0) is 13.9. The maximum Gasteiger partial charge on any atom is 0.240 e. The van der Waals surface area contributed by atoms with Crippen LogP contribution in [0.25, 0.3) is 0 Å². The normalized spacial score (nSPS) is 17.8. The highest BCUT2D eigenvalue weighted by molar-refractivity contribution is 7.89. The third-order valence-corrected chi connectivity index (χ3v) is 5.19. The fourth-order valence-corrected chi connectivity index (χ4v) is 3.15. The molecule has 1 aliphatic rings. The zero-order valence-electron chi connectivity index (χ0n) is 11.5. The molecule has 1 fully saturated rings. The van der Waals surface area contributed by atoms with Crippen molar-refractivity contribution in [3.8, 4) is 0 Å². The van der Waals surface area contributed by atoms with E-state index in [1.165, 1.54) is 32.7 Å². The van der Waals surface area contributed by atoms with Crippen LogP contribution in [-0.2, 0) is 10.0 Å². The molecule has 1 aromatic rings. The summed E-state index contributed by atoms with van der Waals surface area (Å²) in [5, 5.41) is 3.42. The Labute approximate surface area is 115 Å². The fraction of sp³-hybridized carbons (Fsp3) is 0.571. The lowest BCUT2D eigenvalue weighted by Gasteiger charge is -2.28. The molecule has 1 aliphatic carbocycles. The minimum Gasteiger partial charge on any atom is -0.383 e. The van der Waals surface area contributed by atoms with E-state index in [4.69, 9.17) is 0 Å². The van der Waals surface area contributed by atoms with Gasteiger partial charge in [-0.1, -0.05) is 19.3 Å². The van der Waals surface area contributed by atoms with Crippen LogP contribution < -0.4 is 10.0 Å². The highest BCUT2D eigenvalue weighted by Gasteiger charge is 2.19. The standard InChI is InChI=1S/C14H22N2O2S/c1-11(10-12-4-3-5-12)16-13-6-8-14(9-7-13)19(17,18)15-2/h6-9,11-12,15-16H,3-5,10H2,1-2H3. The number of rotatable bonds is 6. The minimum atomic E-state index is -3.34. The van der Waals surface area contributed by atoms with Gasteiger partial charge in [0.15, 0.2) is 0 Å². The van der Waals surface area contributed by atoms with E-state index in [9.17, 15) is 8.42 Å². The monoisotopic (exact) mass is 282 g/mol. The molecule has 1 saturated carbocycles. The third-order valence-electron chi connectivity index (χ3n) is 3.76. The Morgan fingerprint density at radius 1 is 1.26 bits per heavy atom. The van der Waals surface area contributed by atoms with Gasteiger partial charge in [-0.05, 0) is 50.6 Å². The molecule has 0 aromatic heterocycles. The third kappa shape index (κ3) is 3.70. The van der Waals surface area contributed by atoms with Gasteiger partial charge < -0.3 is 5.32 Å². The predicted octanol–water partition coefficient (Wildman–Crippen LogP) is 2.59. The highest BCUT2D eigenvalue weighted by atomic mass is 32.2. The van der Waals surface area contributed by atoms with Gasteiger partial charge in [0.05, 0.1) is 4.90 Å². The summed E-state index contributed by atoms with van der Waals surface area (Å²) in [4.78, 5) is 0.298. The fourth-order valence-electron chi connectivity index (χ4n) is 2.42. The molecule has 0 aliphatic heterocycles. The predicted molar refractivity (Wildman–Crippen MR) is 77.7 cm³/mol. The van der Waals surface area contributed by atoms with Crippen molar-refractivity contribution in [3.63, 3.8) is 0 Å². The van der Waals surface area contributed by atoms with E-state index in [1.807, 2.05) is 12.1 Å². The summed E-state index contributed by atoms with van der Waals surface area (Å²) in [6, 6.07) is 7.33. The van der Waals surface area contributed by atoms with Gasteiger partial charge >= 0.3 is 0 Å². The van der Waals surface area contributed by atoms with E-state index in [1.54, 1.807) is 12.1 Å². The molecule has 106 valence electrons. The Hall–Kier alpha value is -1.07. The maximum absolute atomic E-state index is 11.6. The Bertz CT molecular complexity index is 507. The molecule has 0 radical (unpaired) electrons. The second-order valence-electron chi connectivity index (χ2n) is 5.31. The van der Waals surface area contributed by atoms with Crippen molar-refractivity contribution in [2.45, 2.75) is 43.5 Å². The molecule has 0 saturated heterocycles. The second kappa shape index (κ2) is 5.92. The van der Waals surface area contributed by atoms with Crippen molar-refractivity contribution in [1.29, 1.82) is 0 Å². The number of anilines is 1. The van der Waals surface area contributed by atoms with Crippen molar-refractivity contribution in [2.75, 3.05) is 12.4 Å². The molecule has 2 N–H and O–H groups in total. The summed E-state index contributed by atoms with van der Waals surface area (Å²) in [5.41, 5.74) is 0.974. The van der Waals surface area contributed by atoms with Crippen LogP contribution in [0.1, 0.15) is 32.6 Å². The lowest BCUT2D eigenvalue weighted by Crippen LogP contribution is -2.23. The molecular weight excluding hydrogens is 260 g/mol. The summed E-state index contributed by atoms with van der Waals surface area (Å²) in [6.07, 6.45) is 5.27. The first-order chi connectivity index (χ1) is 9.01. The first-order valence-corrected chi connectivity index (χ1v) is 8.30. The van der Waals surface area contributed by atoms with Crippen LogP contribution in [0.2, 0.25) is 0 Å². The number of nitrogens with one attached hydrogen (secondary N) is 2. The van der Waals surface area contributed by atoms with Crippen LogP contribution in [0, 0.1) is 5.92 Å². The molecule has 2 rings (SSSR count). The quantitative estimate of drug-likeness (QED) is 0.843. The zero-order valence-corrected chi connectivity index (χ0v) is 12.3. The summed E-state index contributed by atoms with van der Waals surface area (Å²) in [5.74, 6) is 0.867. The molecule has 5 heteroatoms. The van der Waals surface area contributed by atoms with Crippen molar-refractivity contribution >= 4 is 15.7 Å². The van der Waals surface area contributed by atoms with Gasteiger partial charge in [0.2, 0.25) is 10.0 Å². The van der Waals surface area contributed by atoms with Crippen LogP contribution in [0.15, 0.2) is 29.2 Å². The molecule has 1 aromatic carbocycles. The van der Waals surface area contributed by atoms with Gasteiger partial charge in [0, 0.05) is 11.7 Å². The molecule has 0 amide bonds. The largest absolute Gasteiger partial charge is 0.383 e. The first-order valence-electron chi connectivity index (χ1n) is 6.81. The highest BCUT2D eigenvalue weighted by Crippen LogP contribution is 2.31. The number of hydrogen-bond acceptors (Lipinski definition) is 3. The number of sulfonamides is 1. The van der Waals surface area contributed by atoms with Gasteiger partial charge in [-0.15, -0.1) is 0 Å². The molecule has 0 heterocycles. The van der Waals surface area contributed by atoms with Gasteiger partial charge in [-0.3, -0.25) is 0 Å². The average molecular weight is 282 g/mol. The Morgan fingerprint density at radius 3 is 2.37 bits per heavy atom. The van der Waals surface area contributed by atoms with E-state index in [0.29, 0.717) is 10.9 Å². The van der Waals surface area contributed by atoms with E-state index < -0.39 is 10.0 Å². The van der Waals surface area contributed by atoms with Gasteiger partial charge in [0.25, 0.3) is 0 Å². The SMILES string of the molecule is CNS(=O)(=O)c1ccc(NC(C)CC2CCC2)cc1. The average Bonchev–Trinajstić information content (AvgIpc) is 2.35. The maximum atomic E-state index is 11.6. The van der Waals surface area contributed by atoms with Crippen LogP contribution in [-0.4, -0.2) is 21.5 Å². The molecule has 19 heavy (non-hydrogen) atoms. The number of hydrogen-bond donors (Lipinski definition) is 2. The summed E-state index contributed by atoms with van der Waals surface area (Å²) >= 11 is 0. The van der Waals surface area contributed by atoms with Crippen LogP contribution in [0.4, 0.5) is 5.69 Å². The van der Waals surface area contributed by atoms with Crippen molar-refractivity contribution in [3.05, 3.63) is 24.3 Å². The van der Waals surface area contributed by atoms with E-state index in [-0.39, 0.29) is 0 Å². The minimum absolute atomic E-state index is 0.298.